The van der Waals surface area contributed by atoms with Gasteiger partial charge >= 0.3 is 0 Å². The van der Waals surface area contributed by atoms with Gasteiger partial charge < -0.3 is 5.32 Å². The molecule has 108 valence electrons. The minimum absolute atomic E-state index is 0.255. The molecule has 4 nitrogen and oxygen atoms in total. The van der Waals surface area contributed by atoms with E-state index in [9.17, 15) is 0 Å². The maximum absolute atomic E-state index is 4.52. The molecule has 2 heterocycles. The van der Waals surface area contributed by atoms with Crippen LogP contribution in [0.5, 0.6) is 0 Å². The summed E-state index contributed by atoms with van der Waals surface area (Å²) in [4.78, 5) is 4.26. The zero-order chi connectivity index (χ0) is 14.5. The van der Waals surface area contributed by atoms with Gasteiger partial charge in [0, 0.05) is 42.1 Å². The highest BCUT2D eigenvalue weighted by Crippen LogP contribution is 2.21. The van der Waals surface area contributed by atoms with Crippen LogP contribution in [-0.4, -0.2) is 21.3 Å². The Morgan fingerprint density at radius 3 is 2.70 bits per heavy atom. The summed E-state index contributed by atoms with van der Waals surface area (Å²) in [6.07, 6.45) is 5.62. The highest BCUT2D eigenvalue weighted by atomic mass is 79.9. The van der Waals surface area contributed by atoms with Crippen LogP contribution in [0, 0.1) is 0 Å². The van der Waals surface area contributed by atoms with Gasteiger partial charge in [-0.3, -0.25) is 9.67 Å². The summed E-state index contributed by atoms with van der Waals surface area (Å²) in [6, 6.07) is 4.57. The van der Waals surface area contributed by atoms with E-state index in [0.29, 0.717) is 0 Å². The summed E-state index contributed by atoms with van der Waals surface area (Å²) < 4.78 is 2.99. The zero-order valence-corrected chi connectivity index (χ0v) is 13.8. The van der Waals surface area contributed by atoms with Crippen LogP contribution in [0.15, 0.2) is 29.0 Å². The number of pyridine rings is 1. The van der Waals surface area contributed by atoms with Crippen molar-refractivity contribution >= 4 is 15.9 Å². The lowest BCUT2D eigenvalue weighted by atomic mass is 10.0. The Balaban J connectivity index is 2.22. The molecule has 0 bridgehead atoms. The number of hydrogen-bond donors (Lipinski definition) is 1. The Bertz CT molecular complexity index is 565. The first-order valence-corrected chi connectivity index (χ1v) is 7.79. The molecule has 0 spiro atoms. The van der Waals surface area contributed by atoms with E-state index in [0.717, 1.165) is 29.6 Å². The number of rotatable bonds is 6. The lowest BCUT2D eigenvalue weighted by Gasteiger charge is -2.18. The minimum atomic E-state index is 0.255. The van der Waals surface area contributed by atoms with Crippen LogP contribution in [0.1, 0.15) is 36.8 Å². The van der Waals surface area contributed by atoms with E-state index in [1.165, 1.54) is 11.3 Å². The normalized spacial score (nSPS) is 12.6. The molecule has 1 atom stereocenters. The van der Waals surface area contributed by atoms with E-state index in [-0.39, 0.29) is 6.04 Å². The Morgan fingerprint density at radius 1 is 1.30 bits per heavy atom. The fourth-order valence-corrected chi connectivity index (χ4v) is 2.70. The van der Waals surface area contributed by atoms with Crippen molar-refractivity contribution in [2.45, 2.75) is 32.7 Å². The molecular weight excluding hydrogens is 316 g/mol. The van der Waals surface area contributed by atoms with Gasteiger partial charge in [-0.05, 0) is 46.6 Å². The molecule has 0 aliphatic heterocycles. The topological polar surface area (TPSA) is 42.7 Å². The SMILES string of the molecule is CCNC(Cc1cc(CC)nn1C)c1cncc(Br)c1. The van der Waals surface area contributed by atoms with Crippen molar-refractivity contribution in [1.29, 1.82) is 0 Å². The molecule has 0 aliphatic carbocycles. The summed E-state index contributed by atoms with van der Waals surface area (Å²) >= 11 is 3.49. The van der Waals surface area contributed by atoms with Crippen molar-refractivity contribution in [3.8, 4) is 0 Å². The quantitative estimate of drug-likeness (QED) is 0.881. The number of hydrogen-bond acceptors (Lipinski definition) is 3. The first kappa shape index (κ1) is 15.2. The number of aryl methyl sites for hydroxylation is 2. The molecule has 2 aromatic rings. The van der Waals surface area contributed by atoms with Crippen molar-refractivity contribution in [1.82, 2.24) is 20.1 Å². The fraction of sp³-hybridized carbons (Fsp3) is 0.467. The molecule has 1 N–H and O–H groups in total. The monoisotopic (exact) mass is 336 g/mol. The molecule has 1 unspecified atom stereocenters. The number of nitrogens with zero attached hydrogens (tertiary/aromatic N) is 3. The molecule has 2 aromatic heterocycles. The molecule has 0 saturated carbocycles. The van der Waals surface area contributed by atoms with Crippen LogP contribution in [0.25, 0.3) is 0 Å². The van der Waals surface area contributed by atoms with Gasteiger partial charge in [0.2, 0.25) is 0 Å². The summed E-state index contributed by atoms with van der Waals surface area (Å²) in [5, 5.41) is 8.04. The van der Waals surface area contributed by atoms with Gasteiger partial charge in [0.1, 0.15) is 0 Å². The van der Waals surface area contributed by atoms with Crippen molar-refractivity contribution in [3.05, 3.63) is 46.0 Å². The number of likely N-dealkylation sites (N-methyl/N-ethyl adjacent to an activating group) is 1. The molecule has 2 rings (SSSR count). The van der Waals surface area contributed by atoms with Gasteiger partial charge in [-0.2, -0.15) is 5.10 Å². The molecule has 0 saturated heterocycles. The summed E-state index contributed by atoms with van der Waals surface area (Å²) in [7, 11) is 2.01. The second-order valence-electron chi connectivity index (χ2n) is 4.86. The van der Waals surface area contributed by atoms with Crippen molar-refractivity contribution in [2.24, 2.45) is 7.05 Å². The van der Waals surface area contributed by atoms with Crippen LogP contribution >= 0.6 is 15.9 Å². The van der Waals surface area contributed by atoms with E-state index in [4.69, 9.17) is 0 Å². The summed E-state index contributed by atoms with van der Waals surface area (Å²) in [5.74, 6) is 0. The van der Waals surface area contributed by atoms with Gasteiger partial charge in [-0.15, -0.1) is 0 Å². The molecular formula is C15H21BrN4. The van der Waals surface area contributed by atoms with E-state index in [2.05, 4.69) is 57.3 Å². The molecule has 20 heavy (non-hydrogen) atoms. The molecule has 0 aliphatic rings. The third-order valence-corrected chi connectivity index (χ3v) is 3.82. The van der Waals surface area contributed by atoms with E-state index in [1.54, 1.807) is 0 Å². The fourth-order valence-electron chi connectivity index (χ4n) is 2.32. The number of halogens is 1. The van der Waals surface area contributed by atoms with Crippen LogP contribution in [0.3, 0.4) is 0 Å². The standard InChI is InChI=1S/C15H21BrN4/c1-4-13-7-14(20(3)19-13)8-15(18-5-2)11-6-12(16)10-17-9-11/h6-7,9-10,15,18H,4-5,8H2,1-3H3. The van der Waals surface area contributed by atoms with Crippen molar-refractivity contribution < 1.29 is 0 Å². The Labute approximate surface area is 128 Å². The van der Waals surface area contributed by atoms with Crippen LogP contribution in [-0.2, 0) is 19.9 Å². The molecule has 0 fully saturated rings. The predicted octanol–water partition coefficient (Wildman–Crippen LogP) is 3.03. The lowest BCUT2D eigenvalue weighted by Crippen LogP contribution is -2.24. The first-order chi connectivity index (χ1) is 9.63. The van der Waals surface area contributed by atoms with E-state index >= 15 is 0 Å². The van der Waals surface area contributed by atoms with Gasteiger partial charge in [0.05, 0.1) is 5.69 Å². The molecule has 5 heteroatoms. The van der Waals surface area contributed by atoms with Crippen LogP contribution < -0.4 is 5.32 Å². The zero-order valence-electron chi connectivity index (χ0n) is 12.2. The Hall–Kier alpha value is -1.20. The smallest absolute Gasteiger partial charge is 0.0624 e. The van der Waals surface area contributed by atoms with Gasteiger partial charge in [-0.25, -0.2) is 0 Å². The second-order valence-corrected chi connectivity index (χ2v) is 5.77. The third kappa shape index (κ3) is 3.67. The average Bonchev–Trinajstić information content (AvgIpc) is 2.79. The predicted molar refractivity (Wildman–Crippen MR) is 84.6 cm³/mol. The molecule has 0 amide bonds. The number of aromatic nitrogens is 3. The maximum atomic E-state index is 4.52. The second kappa shape index (κ2) is 6.99. The van der Waals surface area contributed by atoms with Crippen molar-refractivity contribution in [2.75, 3.05) is 6.54 Å². The maximum Gasteiger partial charge on any atom is 0.0624 e. The summed E-state index contributed by atoms with van der Waals surface area (Å²) in [5.41, 5.74) is 3.58. The van der Waals surface area contributed by atoms with Crippen molar-refractivity contribution in [3.63, 3.8) is 0 Å². The lowest BCUT2D eigenvalue weighted by molar-refractivity contribution is 0.527. The first-order valence-electron chi connectivity index (χ1n) is 6.99. The van der Waals surface area contributed by atoms with E-state index < -0.39 is 0 Å². The third-order valence-electron chi connectivity index (χ3n) is 3.38. The number of nitrogens with one attached hydrogen (secondary N) is 1. The Morgan fingerprint density at radius 2 is 2.10 bits per heavy atom. The van der Waals surface area contributed by atoms with Gasteiger partial charge in [0.25, 0.3) is 0 Å². The van der Waals surface area contributed by atoms with Crippen LogP contribution in [0.2, 0.25) is 0 Å². The summed E-state index contributed by atoms with van der Waals surface area (Å²) in [6.45, 7) is 5.18. The Kier molecular flexibility index (Phi) is 5.31. The largest absolute Gasteiger partial charge is 0.310 e. The van der Waals surface area contributed by atoms with E-state index in [1.807, 2.05) is 24.1 Å². The van der Waals surface area contributed by atoms with Gasteiger partial charge in [-0.1, -0.05) is 13.8 Å². The highest BCUT2D eigenvalue weighted by Gasteiger charge is 2.15. The average molecular weight is 337 g/mol. The molecule has 0 radical (unpaired) electrons. The van der Waals surface area contributed by atoms with Gasteiger partial charge in [0.15, 0.2) is 0 Å². The highest BCUT2D eigenvalue weighted by molar-refractivity contribution is 9.10. The minimum Gasteiger partial charge on any atom is -0.310 e. The van der Waals surface area contributed by atoms with Crippen LogP contribution in [0.4, 0.5) is 0 Å². The molecule has 0 aromatic carbocycles.